The molecule has 0 bridgehead atoms. The van der Waals surface area contributed by atoms with Crippen LogP contribution in [0.25, 0.3) is 0 Å². The molecule has 1 aromatic carbocycles. The molecule has 2 aromatic rings. The van der Waals surface area contributed by atoms with Crippen molar-refractivity contribution < 1.29 is 9.59 Å². The third-order valence-corrected chi connectivity index (χ3v) is 5.67. The van der Waals surface area contributed by atoms with Gasteiger partial charge in [-0.05, 0) is 74.0 Å². The molecule has 1 aliphatic rings. The van der Waals surface area contributed by atoms with Gasteiger partial charge in [0.2, 0.25) is 0 Å². The van der Waals surface area contributed by atoms with Gasteiger partial charge in [0.05, 0.1) is 0 Å². The number of likely N-dealkylation sites (tertiary alicyclic amines) is 1. The predicted molar refractivity (Wildman–Crippen MR) is 112 cm³/mol. The zero-order chi connectivity index (χ0) is 19.8. The summed E-state index contributed by atoms with van der Waals surface area (Å²) in [5, 5.41) is 5.44. The van der Waals surface area contributed by atoms with Gasteiger partial charge in [0.25, 0.3) is 0 Å². The van der Waals surface area contributed by atoms with Gasteiger partial charge in [-0.2, -0.15) is 0 Å². The number of nitrogens with zero attached hydrogens (tertiary/aromatic N) is 2. The lowest BCUT2D eigenvalue weighted by atomic mass is 9.96. The number of thioether (sulfide) groups is 1. The maximum atomic E-state index is 12.1. The number of rotatable bonds is 6. The molecular weight excluding hydrogens is 372 g/mol. The Labute approximate surface area is 170 Å². The van der Waals surface area contributed by atoms with E-state index in [9.17, 15) is 9.59 Å². The molecule has 6 nitrogen and oxygen atoms in total. The van der Waals surface area contributed by atoms with Crippen molar-refractivity contribution in [3.8, 4) is 0 Å². The molecule has 2 heterocycles. The highest BCUT2D eigenvalue weighted by atomic mass is 32.2. The van der Waals surface area contributed by atoms with Crippen LogP contribution >= 0.6 is 11.8 Å². The van der Waals surface area contributed by atoms with E-state index in [1.807, 2.05) is 49.0 Å². The lowest BCUT2D eigenvalue weighted by molar-refractivity contribution is -0.136. The van der Waals surface area contributed by atoms with Crippen LogP contribution in [-0.4, -0.2) is 47.6 Å². The van der Waals surface area contributed by atoms with Gasteiger partial charge < -0.3 is 10.6 Å². The van der Waals surface area contributed by atoms with Gasteiger partial charge >= 0.3 is 11.8 Å². The quantitative estimate of drug-likeness (QED) is 0.578. The molecule has 1 fully saturated rings. The molecule has 0 saturated carbocycles. The minimum atomic E-state index is -0.617. The Hall–Kier alpha value is -2.38. The summed E-state index contributed by atoms with van der Waals surface area (Å²) >= 11 is 1.59. The minimum Gasteiger partial charge on any atom is -0.348 e. The van der Waals surface area contributed by atoms with E-state index < -0.39 is 11.8 Å². The van der Waals surface area contributed by atoms with Crippen molar-refractivity contribution in [2.45, 2.75) is 24.3 Å². The van der Waals surface area contributed by atoms with Crippen LogP contribution in [0.15, 0.2) is 53.7 Å². The number of nitrogens with one attached hydrogen (secondary N) is 2. The maximum absolute atomic E-state index is 12.1. The van der Waals surface area contributed by atoms with Crippen molar-refractivity contribution in [1.29, 1.82) is 0 Å². The molecule has 1 saturated heterocycles. The molecule has 2 amide bonds. The van der Waals surface area contributed by atoms with E-state index in [0.717, 1.165) is 37.4 Å². The number of amides is 2. The number of carbonyl (C=O) groups excluding carboxylic acids is 2. The van der Waals surface area contributed by atoms with Gasteiger partial charge in [-0.1, -0.05) is 6.07 Å². The Morgan fingerprint density at radius 3 is 2.61 bits per heavy atom. The van der Waals surface area contributed by atoms with Gasteiger partial charge in [0, 0.05) is 36.1 Å². The van der Waals surface area contributed by atoms with Gasteiger partial charge in [-0.3, -0.25) is 19.5 Å². The molecular formula is C21H26N4O2S. The van der Waals surface area contributed by atoms with E-state index in [-0.39, 0.29) is 0 Å². The van der Waals surface area contributed by atoms with Gasteiger partial charge in [0.15, 0.2) is 0 Å². The Kier molecular flexibility index (Phi) is 7.45. The first kappa shape index (κ1) is 20.4. The summed E-state index contributed by atoms with van der Waals surface area (Å²) in [7, 11) is 0. The van der Waals surface area contributed by atoms with Crippen LogP contribution in [0.1, 0.15) is 18.4 Å². The summed E-state index contributed by atoms with van der Waals surface area (Å²) in [6.45, 7) is 3.46. The zero-order valence-corrected chi connectivity index (χ0v) is 16.9. The number of benzene rings is 1. The number of hydrogen-bond donors (Lipinski definition) is 2. The highest BCUT2D eigenvalue weighted by molar-refractivity contribution is 7.98. The summed E-state index contributed by atoms with van der Waals surface area (Å²) in [5.41, 5.74) is 1.90. The van der Waals surface area contributed by atoms with Crippen LogP contribution in [-0.2, 0) is 16.1 Å². The lowest BCUT2D eigenvalue weighted by Gasteiger charge is -2.32. The average molecular weight is 399 g/mol. The number of anilines is 1. The summed E-state index contributed by atoms with van der Waals surface area (Å²) in [6.07, 6.45) is 7.64. The molecule has 0 atom stereocenters. The molecule has 0 spiro atoms. The Bertz CT molecular complexity index is 792. The number of pyridine rings is 1. The van der Waals surface area contributed by atoms with Gasteiger partial charge in [-0.25, -0.2) is 0 Å². The minimum absolute atomic E-state index is 0.408. The second-order valence-corrected chi connectivity index (χ2v) is 7.85. The van der Waals surface area contributed by atoms with Crippen molar-refractivity contribution in [2.24, 2.45) is 5.92 Å². The standard InChI is InChI=1S/C21H26N4O2S/c1-28-19-4-2-3-18(13-19)24-21(27)20(26)23-14-16-7-11-25(12-8-16)15-17-5-9-22-10-6-17/h2-6,9-10,13,16H,7-8,11-12,14-15H2,1H3,(H,23,26)(H,24,27). The third-order valence-electron chi connectivity index (χ3n) is 4.95. The topological polar surface area (TPSA) is 74.3 Å². The lowest BCUT2D eigenvalue weighted by Crippen LogP contribution is -2.41. The van der Waals surface area contributed by atoms with Crippen LogP contribution in [0.3, 0.4) is 0 Å². The summed E-state index contributed by atoms with van der Waals surface area (Å²) in [6, 6.07) is 11.5. The molecule has 7 heteroatoms. The molecule has 28 heavy (non-hydrogen) atoms. The SMILES string of the molecule is CSc1cccc(NC(=O)C(=O)NCC2CCN(Cc3ccncc3)CC2)c1. The molecule has 0 unspecified atom stereocenters. The van der Waals surface area contributed by atoms with Gasteiger partial charge in [-0.15, -0.1) is 11.8 Å². The Morgan fingerprint density at radius 2 is 1.89 bits per heavy atom. The molecule has 1 aliphatic heterocycles. The van der Waals surface area contributed by atoms with E-state index in [0.29, 0.717) is 18.2 Å². The molecule has 1 aromatic heterocycles. The number of piperidine rings is 1. The van der Waals surface area contributed by atoms with Crippen LogP contribution < -0.4 is 10.6 Å². The van der Waals surface area contributed by atoms with Crippen LogP contribution in [0.4, 0.5) is 5.69 Å². The fourth-order valence-corrected chi connectivity index (χ4v) is 3.76. The first-order valence-corrected chi connectivity index (χ1v) is 10.7. The van der Waals surface area contributed by atoms with Crippen molar-refractivity contribution in [1.82, 2.24) is 15.2 Å². The summed E-state index contributed by atoms with van der Waals surface area (Å²) in [4.78, 5) is 31.7. The third kappa shape index (κ3) is 6.07. The van der Waals surface area contributed by atoms with Crippen molar-refractivity contribution >= 4 is 29.3 Å². The fourth-order valence-electron chi connectivity index (χ4n) is 3.30. The van der Waals surface area contributed by atoms with E-state index >= 15 is 0 Å². The van der Waals surface area contributed by atoms with Gasteiger partial charge in [0.1, 0.15) is 0 Å². The normalized spacial score (nSPS) is 15.2. The summed E-state index contributed by atoms with van der Waals surface area (Å²) < 4.78 is 0. The smallest absolute Gasteiger partial charge is 0.313 e. The van der Waals surface area contributed by atoms with Crippen LogP contribution in [0.2, 0.25) is 0 Å². The van der Waals surface area contributed by atoms with E-state index in [4.69, 9.17) is 0 Å². The largest absolute Gasteiger partial charge is 0.348 e. The number of hydrogen-bond acceptors (Lipinski definition) is 5. The highest BCUT2D eigenvalue weighted by Gasteiger charge is 2.21. The predicted octanol–water partition coefficient (Wildman–Crippen LogP) is 2.77. The Morgan fingerprint density at radius 1 is 1.14 bits per heavy atom. The monoisotopic (exact) mass is 398 g/mol. The first-order chi connectivity index (χ1) is 13.6. The summed E-state index contributed by atoms with van der Waals surface area (Å²) in [5.74, 6) is -0.785. The van der Waals surface area contributed by atoms with Crippen LogP contribution in [0, 0.1) is 5.92 Å². The second-order valence-electron chi connectivity index (χ2n) is 6.97. The maximum Gasteiger partial charge on any atom is 0.313 e. The average Bonchev–Trinajstić information content (AvgIpc) is 2.74. The molecule has 148 valence electrons. The zero-order valence-electron chi connectivity index (χ0n) is 16.1. The highest BCUT2D eigenvalue weighted by Crippen LogP contribution is 2.19. The van der Waals surface area contributed by atoms with E-state index in [1.54, 1.807) is 17.8 Å². The van der Waals surface area contributed by atoms with E-state index in [2.05, 4.69) is 20.5 Å². The molecule has 0 aliphatic carbocycles. The fraction of sp³-hybridized carbons (Fsp3) is 0.381. The number of aromatic nitrogens is 1. The van der Waals surface area contributed by atoms with Crippen molar-refractivity contribution in [2.75, 3.05) is 31.2 Å². The van der Waals surface area contributed by atoms with Crippen molar-refractivity contribution in [3.63, 3.8) is 0 Å². The molecule has 2 N–H and O–H groups in total. The Balaban J connectivity index is 1.38. The van der Waals surface area contributed by atoms with Crippen LogP contribution in [0.5, 0.6) is 0 Å². The molecule has 0 radical (unpaired) electrons. The first-order valence-electron chi connectivity index (χ1n) is 9.48. The van der Waals surface area contributed by atoms with E-state index in [1.165, 1.54) is 5.56 Å². The molecule has 3 rings (SSSR count). The second kappa shape index (κ2) is 10.2. The number of carbonyl (C=O) groups is 2. The van der Waals surface area contributed by atoms with Crippen molar-refractivity contribution in [3.05, 3.63) is 54.4 Å².